The number of amides is 1. The molecule has 1 fully saturated rings. The summed E-state index contributed by atoms with van der Waals surface area (Å²) in [6.07, 6.45) is 7.47. The van der Waals surface area contributed by atoms with E-state index in [1.54, 1.807) is 24.5 Å². The van der Waals surface area contributed by atoms with Crippen LogP contribution in [0, 0.1) is 12.7 Å². The lowest BCUT2D eigenvalue weighted by molar-refractivity contribution is 0.102. The van der Waals surface area contributed by atoms with Gasteiger partial charge in [-0.25, -0.2) is 19.0 Å². The van der Waals surface area contributed by atoms with Crippen LogP contribution in [-0.2, 0) is 5.54 Å². The summed E-state index contributed by atoms with van der Waals surface area (Å²) in [5, 5.41) is 7.21. The van der Waals surface area contributed by atoms with Crippen LogP contribution in [0.1, 0.15) is 54.2 Å². The van der Waals surface area contributed by atoms with E-state index in [9.17, 15) is 9.18 Å². The van der Waals surface area contributed by atoms with Crippen LogP contribution in [0.15, 0.2) is 49.2 Å². The van der Waals surface area contributed by atoms with Crippen LogP contribution in [0.5, 0.6) is 5.75 Å². The molecular weight excluding hydrogens is 447 g/mol. The molecule has 2 aromatic carbocycles. The van der Waals surface area contributed by atoms with Gasteiger partial charge in [-0.1, -0.05) is 6.07 Å². The number of ether oxygens (including phenoxy) is 1. The molecule has 0 saturated heterocycles. The highest BCUT2D eigenvalue weighted by atomic mass is 19.1. The second-order valence-electron chi connectivity index (χ2n) is 9.83. The lowest BCUT2D eigenvalue weighted by atomic mass is 10.1. The molecule has 9 heteroatoms. The maximum atomic E-state index is 15.0. The van der Waals surface area contributed by atoms with Crippen molar-refractivity contribution in [1.82, 2.24) is 24.3 Å². The van der Waals surface area contributed by atoms with E-state index in [2.05, 4.69) is 20.4 Å². The lowest BCUT2D eigenvalue weighted by Gasteiger charge is -2.23. The molecular formula is C26H25FN6O2. The van der Waals surface area contributed by atoms with E-state index in [0.29, 0.717) is 41.0 Å². The number of rotatable bonds is 4. The molecule has 35 heavy (non-hydrogen) atoms. The Morgan fingerprint density at radius 2 is 2.06 bits per heavy atom. The van der Waals surface area contributed by atoms with Gasteiger partial charge in [-0.05, 0) is 63.4 Å². The Morgan fingerprint density at radius 1 is 1.23 bits per heavy atom. The fourth-order valence-corrected chi connectivity index (χ4v) is 4.51. The van der Waals surface area contributed by atoms with Crippen molar-refractivity contribution in [2.45, 2.75) is 45.1 Å². The van der Waals surface area contributed by atoms with Crippen LogP contribution in [0.4, 0.5) is 10.1 Å². The molecule has 178 valence electrons. The minimum absolute atomic E-state index is 0.0537. The molecule has 0 bridgehead atoms. The van der Waals surface area contributed by atoms with Gasteiger partial charge in [0.2, 0.25) is 0 Å². The van der Waals surface area contributed by atoms with E-state index in [1.807, 2.05) is 42.3 Å². The molecule has 6 rings (SSSR count). The zero-order valence-electron chi connectivity index (χ0n) is 19.7. The highest BCUT2D eigenvalue weighted by Gasteiger charge is 2.32. The molecule has 0 radical (unpaired) electrons. The van der Waals surface area contributed by atoms with Gasteiger partial charge >= 0.3 is 0 Å². The zero-order chi connectivity index (χ0) is 24.3. The molecule has 1 aliphatic carbocycles. The van der Waals surface area contributed by atoms with Crippen LogP contribution in [0.25, 0.3) is 17.1 Å². The Hall–Kier alpha value is -4.01. The number of carbonyl (C=O) groups excluding carboxylic acids is 1. The van der Waals surface area contributed by atoms with Crippen LogP contribution in [0.3, 0.4) is 0 Å². The largest absolute Gasteiger partial charge is 0.488 e. The summed E-state index contributed by atoms with van der Waals surface area (Å²) >= 11 is 0. The maximum Gasteiger partial charge on any atom is 0.258 e. The van der Waals surface area contributed by atoms with Crippen molar-refractivity contribution in [3.63, 3.8) is 0 Å². The molecule has 2 aliphatic rings. The number of carbonyl (C=O) groups is 1. The molecule has 1 N–H and O–H groups in total. The van der Waals surface area contributed by atoms with Gasteiger partial charge < -0.3 is 14.6 Å². The summed E-state index contributed by atoms with van der Waals surface area (Å²) in [5.74, 6) is 0.485. The summed E-state index contributed by atoms with van der Waals surface area (Å²) in [4.78, 5) is 22.2. The normalized spacial score (nSPS) is 16.1. The third-order valence-electron chi connectivity index (χ3n) is 6.60. The molecule has 2 aromatic heterocycles. The smallest absolute Gasteiger partial charge is 0.258 e. The lowest BCUT2D eigenvalue weighted by Crippen LogP contribution is -2.33. The van der Waals surface area contributed by atoms with Gasteiger partial charge in [0.25, 0.3) is 5.91 Å². The van der Waals surface area contributed by atoms with Crippen LogP contribution >= 0.6 is 0 Å². The van der Waals surface area contributed by atoms with E-state index >= 15 is 0 Å². The Kier molecular flexibility index (Phi) is 4.77. The van der Waals surface area contributed by atoms with Crippen LogP contribution in [0.2, 0.25) is 0 Å². The number of imidazole rings is 1. The molecule has 1 amide bonds. The first-order valence-electron chi connectivity index (χ1n) is 11.6. The Balaban J connectivity index is 1.35. The fraction of sp³-hybridized carbons (Fsp3) is 0.308. The monoisotopic (exact) mass is 472 g/mol. The summed E-state index contributed by atoms with van der Waals surface area (Å²) < 4.78 is 24.8. The van der Waals surface area contributed by atoms with Crippen LogP contribution < -0.4 is 10.1 Å². The number of nitrogens with one attached hydrogen (secondary N) is 1. The van der Waals surface area contributed by atoms with Crippen LogP contribution in [-0.4, -0.2) is 36.8 Å². The van der Waals surface area contributed by atoms with Gasteiger partial charge in [-0.15, -0.1) is 0 Å². The first kappa shape index (κ1) is 21.5. The van der Waals surface area contributed by atoms with Crippen molar-refractivity contribution in [3.05, 3.63) is 71.8 Å². The van der Waals surface area contributed by atoms with Gasteiger partial charge in [-0.3, -0.25) is 4.79 Å². The van der Waals surface area contributed by atoms with Crippen molar-refractivity contribution in [3.8, 4) is 22.8 Å². The van der Waals surface area contributed by atoms with Crippen molar-refractivity contribution in [2.24, 2.45) is 0 Å². The molecule has 4 aromatic rings. The van der Waals surface area contributed by atoms with Gasteiger partial charge in [0, 0.05) is 12.1 Å². The fourth-order valence-electron chi connectivity index (χ4n) is 4.51. The number of anilines is 1. The molecule has 0 spiro atoms. The van der Waals surface area contributed by atoms with Gasteiger partial charge in [0.1, 0.15) is 18.8 Å². The molecule has 3 heterocycles. The number of aryl methyl sites for hydroxylation is 1. The third-order valence-corrected chi connectivity index (χ3v) is 6.60. The first-order valence-corrected chi connectivity index (χ1v) is 11.6. The average molecular weight is 473 g/mol. The summed E-state index contributed by atoms with van der Waals surface area (Å²) in [7, 11) is 0. The SMILES string of the molecule is Cc1cc(F)c(C(=O)Nc2cccc3c2OCC(C)(C)n2ncnc2-3)cc1-n1cnc(C2CC2)c1. The quantitative estimate of drug-likeness (QED) is 0.460. The van der Waals surface area contributed by atoms with E-state index in [4.69, 9.17) is 4.74 Å². The minimum atomic E-state index is -0.588. The average Bonchev–Trinajstić information content (AvgIpc) is 3.36. The Morgan fingerprint density at radius 3 is 2.86 bits per heavy atom. The van der Waals surface area contributed by atoms with E-state index in [1.165, 1.54) is 12.4 Å². The standard InChI is InChI=1S/C26H25FN6O2/c1-15-9-19(27)18(10-22(15)32-11-21(29-14-32)16-7-8-16)25(34)31-20-6-4-5-17-23(20)35-12-26(2,3)33-24(17)28-13-30-33/h4-6,9-11,13-14,16H,7-8,12H2,1-3H3,(H,31,34). The molecule has 0 unspecified atom stereocenters. The Labute approximate surface area is 201 Å². The van der Waals surface area contributed by atoms with E-state index in [0.717, 1.165) is 24.1 Å². The number of hydrogen-bond acceptors (Lipinski definition) is 5. The number of nitrogens with zero attached hydrogens (tertiary/aromatic N) is 5. The van der Waals surface area contributed by atoms with Gasteiger partial charge in [-0.2, -0.15) is 5.10 Å². The molecule has 0 atom stereocenters. The third kappa shape index (κ3) is 3.67. The van der Waals surface area contributed by atoms with Gasteiger partial charge in [0.15, 0.2) is 11.6 Å². The van der Waals surface area contributed by atoms with Crippen molar-refractivity contribution in [1.29, 1.82) is 0 Å². The first-order chi connectivity index (χ1) is 16.8. The highest BCUT2D eigenvalue weighted by molar-refractivity contribution is 6.06. The topological polar surface area (TPSA) is 86.9 Å². The second-order valence-corrected chi connectivity index (χ2v) is 9.83. The van der Waals surface area contributed by atoms with E-state index in [-0.39, 0.29) is 5.56 Å². The minimum Gasteiger partial charge on any atom is -0.488 e. The number of hydrogen-bond donors (Lipinski definition) is 1. The molecule has 1 aliphatic heterocycles. The number of halogens is 1. The number of fused-ring (bicyclic) bond motifs is 3. The van der Waals surface area contributed by atoms with Crippen molar-refractivity contribution in [2.75, 3.05) is 11.9 Å². The predicted octanol–water partition coefficient (Wildman–Crippen LogP) is 4.84. The summed E-state index contributed by atoms with van der Waals surface area (Å²) in [5.41, 5.74) is 3.13. The molecule has 1 saturated carbocycles. The van der Waals surface area contributed by atoms with E-state index < -0.39 is 17.3 Å². The maximum absolute atomic E-state index is 15.0. The summed E-state index contributed by atoms with van der Waals surface area (Å²) in [6.45, 7) is 6.16. The molecule has 8 nitrogen and oxygen atoms in total. The summed E-state index contributed by atoms with van der Waals surface area (Å²) in [6, 6.07) is 8.36. The predicted molar refractivity (Wildman–Crippen MR) is 128 cm³/mol. The van der Waals surface area contributed by atoms with Crippen molar-refractivity contribution >= 4 is 11.6 Å². The Bertz CT molecular complexity index is 1470. The number of benzene rings is 2. The number of para-hydroxylation sites is 1. The van der Waals surface area contributed by atoms with Crippen molar-refractivity contribution < 1.29 is 13.9 Å². The second kappa shape index (κ2) is 7.76. The number of aromatic nitrogens is 5. The highest BCUT2D eigenvalue weighted by Crippen LogP contribution is 2.41. The zero-order valence-corrected chi connectivity index (χ0v) is 19.7. The van der Waals surface area contributed by atoms with Gasteiger partial charge in [0.05, 0.1) is 40.1 Å².